The Bertz CT molecular complexity index is 517. The molecular weight excluding hydrogens is 276 g/mol. The molecule has 1 heterocycles. The van der Waals surface area contributed by atoms with E-state index in [1.54, 1.807) is 19.2 Å². The van der Waals surface area contributed by atoms with Crippen LogP contribution in [0.1, 0.15) is 13.3 Å². The van der Waals surface area contributed by atoms with Gasteiger partial charge in [-0.15, -0.1) is 0 Å². The highest BCUT2D eigenvalue weighted by Gasteiger charge is 2.26. The summed E-state index contributed by atoms with van der Waals surface area (Å²) < 4.78 is 26.7. The number of rotatable bonds is 8. The molecule has 0 saturated heterocycles. The van der Waals surface area contributed by atoms with E-state index in [-0.39, 0.29) is 5.03 Å². The van der Waals surface area contributed by atoms with Crippen molar-refractivity contribution in [1.29, 1.82) is 0 Å². The van der Waals surface area contributed by atoms with Gasteiger partial charge in [0.2, 0.25) is 0 Å². The van der Waals surface area contributed by atoms with E-state index in [0.717, 1.165) is 13.0 Å². The van der Waals surface area contributed by atoms with Gasteiger partial charge in [0.1, 0.15) is 0 Å². The highest BCUT2D eigenvalue weighted by molar-refractivity contribution is 7.89. The molecule has 0 amide bonds. The van der Waals surface area contributed by atoms with Crippen molar-refractivity contribution in [3.05, 3.63) is 18.3 Å². The third-order valence-corrected chi connectivity index (χ3v) is 4.92. The lowest BCUT2D eigenvalue weighted by atomic mass is 10.4. The molecule has 0 saturated carbocycles. The number of hydrogen-bond donors (Lipinski definition) is 1. The molecule has 20 heavy (non-hydrogen) atoms. The summed E-state index contributed by atoms with van der Waals surface area (Å²) in [7, 11) is 2.09. The largest absolute Gasteiger partial charge is 0.386 e. The summed E-state index contributed by atoms with van der Waals surface area (Å²) >= 11 is 0. The Hall–Kier alpha value is -1.18. The molecule has 1 aromatic heterocycles. The molecule has 0 spiro atoms. The average molecular weight is 300 g/mol. The average Bonchev–Trinajstić information content (AvgIpc) is 2.43. The monoisotopic (exact) mass is 300 g/mol. The predicted octanol–water partition coefficient (Wildman–Crippen LogP) is 1.09. The Morgan fingerprint density at radius 1 is 1.30 bits per heavy atom. The van der Waals surface area contributed by atoms with Crippen LogP contribution in [0.3, 0.4) is 0 Å². The topological polar surface area (TPSA) is 65.5 Å². The first kappa shape index (κ1) is 16.9. The number of aromatic nitrogens is 1. The zero-order valence-electron chi connectivity index (χ0n) is 12.6. The van der Waals surface area contributed by atoms with Crippen LogP contribution in [0.15, 0.2) is 23.4 Å². The molecule has 0 aliphatic carbocycles. The van der Waals surface area contributed by atoms with Gasteiger partial charge in [0.25, 0.3) is 10.0 Å². The van der Waals surface area contributed by atoms with Gasteiger partial charge >= 0.3 is 0 Å². The normalized spacial score (nSPS) is 12.1. The number of nitrogens with one attached hydrogen (secondary N) is 1. The van der Waals surface area contributed by atoms with Crippen molar-refractivity contribution in [3.63, 3.8) is 0 Å². The minimum atomic E-state index is -3.55. The second kappa shape index (κ2) is 7.56. The summed E-state index contributed by atoms with van der Waals surface area (Å²) in [4.78, 5) is 6.07. The Morgan fingerprint density at radius 3 is 2.55 bits per heavy atom. The number of sulfonamides is 1. The Labute approximate surface area is 121 Å². The first-order valence-corrected chi connectivity index (χ1v) is 8.15. The molecular formula is C13H24N4O2S. The summed E-state index contributed by atoms with van der Waals surface area (Å²) in [5.41, 5.74) is 0.526. The SMILES string of the molecule is CCN(CCCN(C)C)S(=O)(=O)c1ncccc1NC. The van der Waals surface area contributed by atoms with Gasteiger partial charge < -0.3 is 10.2 Å². The van der Waals surface area contributed by atoms with Gasteiger partial charge in [-0.05, 0) is 39.2 Å². The van der Waals surface area contributed by atoms with Gasteiger partial charge in [0, 0.05) is 26.3 Å². The van der Waals surface area contributed by atoms with Crippen LogP contribution in [0.25, 0.3) is 0 Å². The molecule has 1 rings (SSSR count). The van der Waals surface area contributed by atoms with Crippen LogP contribution in [-0.2, 0) is 10.0 Å². The van der Waals surface area contributed by atoms with E-state index in [4.69, 9.17) is 0 Å². The van der Waals surface area contributed by atoms with Crippen molar-refractivity contribution < 1.29 is 8.42 Å². The molecule has 0 aromatic carbocycles. The third-order valence-electron chi connectivity index (χ3n) is 2.99. The van der Waals surface area contributed by atoms with Crippen molar-refractivity contribution in [2.45, 2.75) is 18.4 Å². The highest BCUT2D eigenvalue weighted by Crippen LogP contribution is 2.21. The molecule has 0 bridgehead atoms. The van der Waals surface area contributed by atoms with Crippen LogP contribution in [0.4, 0.5) is 5.69 Å². The maximum atomic E-state index is 12.6. The molecule has 0 radical (unpaired) electrons. The van der Waals surface area contributed by atoms with Gasteiger partial charge in [0.15, 0.2) is 5.03 Å². The van der Waals surface area contributed by atoms with Gasteiger partial charge in [-0.25, -0.2) is 13.4 Å². The quantitative estimate of drug-likeness (QED) is 0.778. The second-order valence-corrected chi connectivity index (χ2v) is 6.61. The van der Waals surface area contributed by atoms with E-state index in [0.29, 0.717) is 18.8 Å². The van der Waals surface area contributed by atoms with Gasteiger partial charge in [-0.1, -0.05) is 6.92 Å². The van der Waals surface area contributed by atoms with Crippen LogP contribution in [0.5, 0.6) is 0 Å². The maximum absolute atomic E-state index is 12.6. The van der Waals surface area contributed by atoms with E-state index < -0.39 is 10.0 Å². The smallest absolute Gasteiger partial charge is 0.262 e. The molecule has 0 fully saturated rings. The molecule has 0 atom stereocenters. The molecule has 0 aliphatic heterocycles. The summed E-state index contributed by atoms with van der Waals surface area (Å²) in [6.45, 7) is 3.63. The Morgan fingerprint density at radius 2 is 2.00 bits per heavy atom. The van der Waals surface area contributed by atoms with Crippen LogP contribution in [0, 0.1) is 0 Å². The minimum absolute atomic E-state index is 0.0919. The fraction of sp³-hybridized carbons (Fsp3) is 0.615. The van der Waals surface area contributed by atoms with Gasteiger partial charge in [0.05, 0.1) is 5.69 Å². The third kappa shape index (κ3) is 4.16. The molecule has 0 aliphatic rings. The van der Waals surface area contributed by atoms with Gasteiger partial charge in [-0.2, -0.15) is 4.31 Å². The Balaban J connectivity index is 2.94. The molecule has 114 valence electrons. The van der Waals surface area contributed by atoms with Crippen molar-refractivity contribution in [2.75, 3.05) is 46.1 Å². The summed E-state index contributed by atoms with van der Waals surface area (Å²) in [5, 5.41) is 2.97. The summed E-state index contributed by atoms with van der Waals surface area (Å²) in [6, 6.07) is 3.43. The van der Waals surface area contributed by atoms with Crippen LogP contribution in [-0.4, -0.2) is 63.4 Å². The van der Waals surface area contributed by atoms with Crippen molar-refractivity contribution in [1.82, 2.24) is 14.2 Å². The van der Waals surface area contributed by atoms with E-state index in [1.807, 2.05) is 25.9 Å². The summed E-state index contributed by atoms with van der Waals surface area (Å²) in [6.07, 6.45) is 2.29. The second-order valence-electron chi connectivity index (χ2n) is 4.76. The lowest BCUT2D eigenvalue weighted by Gasteiger charge is -2.22. The number of anilines is 1. The fourth-order valence-electron chi connectivity index (χ4n) is 1.92. The lowest BCUT2D eigenvalue weighted by Crippen LogP contribution is -2.34. The standard InChI is InChI=1S/C13H24N4O2S/c1-5-17(11-7-10-16(3)4)20(18,19)13-12(14-2)8-6-9-15-13/h6,8-9,14H,5,7,10-11H2,1-4H3. The van der Waals surface area contributed by atoms with Crippen molar-refractivity contribution >= 4 is 15.7 Å². The van der Waals surface area contributed by atoms with Gasteiger partial charge in [-0.3, -0.25) is 0 Å². The highest BCUT2D eigenvalue weighted by atomic mass is 32.2. The van der Waals surface area contributed by atoms with E-state index in [2.05, 4.69) is 10.3 Å². The Kier molecular flexibility index (Phi) is 6.38. The number of pyridine rings is 1. The zero-order valence-corrected chi connectivity index (χ0v) is 13.4. The lowest BCUT2D eigenvalue weighted by molar-refractivity contribution is 0.355. The molecule has 0 unspecified atom stereocenters. The zero-order chi connectivity index (χ0) is 15.2. The van der Waals surface area contributed by atoms with E-state index >= 15 is 0 Å². The van der Waals surface area contributed by atoms with E-state index in [9.17, 15) is 8.42 Å². The van der Waals surface area contributed by atoms with Crippen molar-refractivity contribution in [2.24, 2.45) is 0 Å². The molecule has 6 nitrogen and oxygen atoms in total. The molecule has 7 heteroatoms. The number of nitrogens with zero attached hydrogens (tertiary/aromatic N) is 3. The van der Waals surface area contributed by atoms with Crippen molar-refractivity contribution in [3.8, 4) is 0 Å². The predicted molar refractivity (Wildman–Crippen MR) is 81.4 cm³/mol. The molecule has 1 aromatic rings. The summed E-state index contributed by atoms with van der Waals surface area (Å²) in [5.74, 6) is 0. The van der Waals surface area contributed by atoms with Crippen LogP contribution in [0.2, 0.25) is 0 Å². The fourth-order valence-corrected chi connectivity index (χ4v) is 3.52. The maximum Gasteiger partial charge on any atom is 0.262 e. The van der Waals surface area contributed by atoms with E-state index in [1.165, 1.54) is 10.5 Å². The molecule has 1 N–H and O–H groups in total. The van der Waals surface area contributed by atoms with Crippen LogP contribution >= 0.6 is 0 Å². The first-order valence-electron chi connectivity index (χ1n) is 6.71. The van der Waals surface area contributed by atoms with Crippen LogP contribution < -0.4 is 5.32 Å². The number of hydrogen-bond acceptors (Lipinski definition) is 5. The minimum Gasteiger partial charge on any atom is -0.386 e. The first-order chi connectivity index (χ1) is 9.43.